The Balaban J connectivity index is 3.83. The summed E-state index contributed by atoms with van der Waals surface area (Å²) in [4.78, 5) is 12.4. The Kier molecular flexibility index (Phi) is 31.7. The molecule has 0 aromatic carbocycles. The molecule has 1 amide bonds. The van der Waals surface area contributed by atoms with Gasteiger partial charge in [0.2, 0.25) is 5.91 Å². The number of hydrogen-bond acceptors (Lipinski definition) is 5. The fraction of sp³-hybridized carbons (Fsp3) is 0.919. The van der Waals surface area contributed by atoms with Gasteiger partial charge in [-0.05, 0) is 19.3 Å². The number of rotatable bonds is 33. The summed E-state index contributed by atoms with van der Waals surface area (Å²) in [5.74, 6) is -0.607. The van der Waals surface area contributed by atoms with Crippen molar-refractivity contribution in [1.82, 2.24) is 5.32 Å². The van der Waals surface area contributed by atoms with Crippen LogP contribution in [-0.4, -0.2) is 57.3 Å². The van der Waals surface area contributed by atoms with Gasteiger partial charge in [0.1, 0.15) is 18.3 Å². The molecule has 0 aliphatic rings. The summed E-state index contributed by atoms with van der Waals surface area (Å²) < 4.78 is 0. The van der Waals surface area contributed by atoms with E-state index in [9.17, 15) is 25.2 Å². The molecule has 256 valence electrons. The Morgan fingerprint density at radius 3 is 1.35 bits per heavy atom. The van der Waals surface area contributed by atoms with E-state index in [1.807, 2.05) is 6.08 Å². The number of amides is 1. The Hall–Kier alpha value is -0.950. The van der Waals surface area contributed by atoms with E-state index in [0.717, 1.165) is 38.5 Å². The SMILES string of the molecule is CCCCCCCCCCCC=CC(O)C(O)C(CO)NC(=O)C(O)CCCCCCCCCCCCCCCCCC. The van der Waals surface area contributed by atoms with Crippen molar-refractivity contribution in [3.05, 3.63) is 12.2 Å². The molecule has 0 aromatic rings. The maximum atomic E-state index is 12.4. The molecule has 0 aliphatic heterocycles. The van der Waals surface area contributed by atoms with Crippen molar-refractivity contribution in [3.8, 4) is 0 Å². The van der Waals surface area contributed by atoms with Crippen LogP contribution in [0.2, 0.25) is 0 Å². The van der Waals surface area contributed by atoms with E-state index in [2.05, 4.69) is 19.2 Å². The third-order valence-electron chi connectivity index (χ3n) is 8.73. The first kappa shape index (κ1) is 42.0. The van der Waals surface area contributed by atoms with Gasteiger partial charge < -0.3 is 25.7 Å². The van der Waals surface area contributed by atoms with Gasteiger partial charge >= 0.3 is 0 Å². The number of carbonyl (C=O) groups excluding carboxylic acids is 1. The zero-order valence-electron chi connectivity index (χ0n) is 28.5. The van der Waals surface area contributed by atoms with Gasteiger partial charge in [0.05, 0.1) is 12.6 Å². The molecule has 0 spiro atoms. The lowest BCUT2D eigenvalue weighted by Crippen LogP contribution is -2.52. The van der Waals surface area contributed by atoms with Crippen LogP contribution in [0.15, 0.2) is 12.2 Å². The number of hydrogen-bond donors (Lipinski definition) is 5. The summed E-state index contributed by atoms with van der Waals surface area (Å²) in [5.41, 5.74) is 0. The summed E-state index contributed by atoms with van der Waals surface area (Å²) in [5, 5.41) is 43.2. The summed E-state index contributed by atoms with van der Waals surface area (Å²) in [6.45, 7) is 3.99. The first-order chi connectivity index (χ1) is 21.0. The van der Waals surface area contributed by atoms with Crippen LogP contribution >= 0.6 is 0 Å². The fourth-order valence-corrected chi connectivity index (χ4v) is 5.70. The predicted octanol–water partition coefficient (Wildman–Crippen LogP) is 8.67. The molecule has 5 N–H and O–H groups in total. The number of aliphatic hydroxyl groups excluding tert-OH is 4. The van der Waals surface area contributed by atoms with E-state index in [0.29, 0.717) is 6.42 Å². The fourth-order valence-electron chi connectivity index (χ4n) is 5.70. The second kappa shape index (κ2) is 32.4. The minimum atomic E-state index is -1.34. The molecular weight excluding hydrogens is 538 g/mol. The molecule has 4 unspecified atom stereocenters. The Morgan fingerprint density at radius 1 is 0.581 bits per heavy atom. The van der Waals surface area contributed by atoms with Crippen LogP contribution < -0.4 is 5.32 Å². The first-order valence-electron chi connectivity index (χ1n) is 18.6. The second-order valence-electron chi connectivity index (χ2n) is 12.9. The molecule has 0 heterocycles. The molecule has 4 atom stereocenters. The van der Waals surface area contributed by atoms with Crippen LogP contribution in [-0.2, 0) is 4.79 Å². The number of carbonyl (C=O) groups is 1. The summed E-state index contributed by atoms with van der Waals surface area (Å²) in [6.07, 6.45) is 32.5. The van der Waals surface area contributed by atoms with Gasteiger partial charge in [0.15, 0.2) is 0 Å². The van der Waals surface area contributed by atoms with Crippen molar-refractivity contribution in [3.63, 3.8) is 0 Å². The van der Waals surface area contributed by atoms with E-state index in [1.54, 1.807) is 0 Å². The standard InChI is InChI=1S/C37H73NO5/c1-3-5-7-9-11-13-15-16-17-18-19-21-23-25-27-29-31-35(41)37(43)38-33(32-39)36(42)34(40)30-28-26-24-22-20-14-12-10-8-6-4-2/h28,30,33-36,39-42H,3-27,29,31-32H2,1-2H3,(H,38,43). The lowest BCUT2D eigenvalue weighted by Gasteiger charge is -2.25. The van der Waals surface area contributed by atoms with Gasteiger partial charge in [-0.1, -0.05) is 180 Å². The minimum Gasteiger partial charge on any atom is -0.394 e. The number of allylic oxidation sites excluding steroid dienone is 1. The molecule has 0 rings (SSSR count). The van der Waals surface area contributed by atoms with Gasteiger partial charge in [-0.2, -0.15) is 0 Å². The highest BCUT2D eigenvalue weighted by Gasteiger charge is 2.27. The molecule has 6 heteroatoms. The van der Waals surface area contributed by atoms with Crippen molar-refractivity contribution in [2.24, 2.45) is 0 Å². The summed E-state index contributed by atoms with van der Waals surface area (Å²) >= 11 is 0. The normalized spacial score (nSPS) is 14.7. The van der Waals surface area contributed by atoms with Gasteiger partial charge in [-0.15, -0.1) is 0 Å². The van der Waals surface area contributed by atoms with Crippen molar-refractivity contribution >= 4 is 5.91 Å². The van der Waals surface area contributed by atoms with Crippen LogP contribution in [0.5, 0.6) is 0 Å². The van der Waals surface area contributed by atoms with Crippen molar-refractivity contribution in [2.75, 3.05) is 6.61 Å². The highest BCUT2D eigenvalue weighted by Crippen LogP contribution is 2.15. The van der Waals surface area contributed by atoms with Gasteiger partial charge in [0.25, 0.3) is 0 Å². The third-order valence-corrected chi connectivity index (χ3v) is 8.73. The lowest BCUT2D eigenvalue weighted by atomic mass is 10.0. The summed E-state index contributed by atoms with van der Waals surface area (Å²) in [6, 6.07) is -1.03. The van der Waals surface area contributed by atoms with Crippen molar-refractivity contribution in [2.45, 2.75) is 212 Å². The first-order valence-corrected chi connectivity index (χ1v) is 18.6. The van der Waals surface area contributed by atoms with Crippen LogP contribution in [0.3, 0.4) is 0 Å². The zero-order valence-corrected chi connectivity index (χ0v) is 28.5. The molecular formula is C37H73NO5. The van der Waals surface area contributed by atoms with E-state index >= 15 is 0 Å². The second-order valence-corrected chi connectivity index (χ2v) is 12.9. The number of aliphatic hydroxyl groups is 4. The smallest absolute Gasteiger partial charge is 0.249 e. The molecule has 0 radical (unpaired) electrons. The minimum absolute atomic E-state index is 0.361. The Labute approximate surface area is 266 Å². The molecule has 0 saturated carbocycles. The number of unbranched alkanes of at least 4 members (excludes halogenated alkanes) is 24. The number of nitrogens with one attached hydrogen (secondary N) is 1. The Bertz CT molecular complexity index is 614. The van der Waals surface area contributed by atoms with Crippen LogP contribution in [0, 0.1) is 0 Å². The molecule has 0 bridgehead atoms. The van der Waals surface area contributed by atoms with Crippen LogP contribution in [0.4, 0.5) is 0 Å². The van der Waals surface area contributed by atoms with E-state index in [4.69, 9.17) is 0 Å². The molecule has 0 fully saturated rings. The average Bonchev–Trinajstić information content (AvgIpc) is 3.01. The maximum Gasteiger partial charge on any atom is 0.249 e. The Morgan fingerprint density at radius 2 is 0.953 bits per heavy atom. The van der Waals surface area contributed by atoms with Gasteiger partial charge in [0, 0.05) is 0 Å². The monoisotopic (exact) mass is 612 g/mol. The zero-order chi connectivity index (χ0) is 31.8. The van der Waals surface area contributed by atoms with E-state index in [-0.39, 0.29) is 0 Å². The lowest BCUT2D eigenvalue weighted by molar-refractivity contribution is -0.132. The molecule has 43 heavy (non-hydrogen) atoms. The highest BCUT2D eigenvalue weighted by atomic mass is 16.3. The van der Waals surface area contributed by atoms with E-state index < -0.39 is 36.9 Å². The molecule has 6 nitrogen and oxygen atoms in total. The van der Waals surface area contributed by atoms with Crippen molar-refractivity contribution in [1.29, 1.82) is 0 Å². The van der Waals surface area contributed by atoms with Gasteiger partial charge in [-0.3, -0.25) is 4.79 Å². The predicted molar refractivity (Wildman–Crippen MR) is 182 cm³/mol. The van der Waals surface area contributed by atoms with E-state index in [1.165, 1.54) is 134 Å². The topological polar surface area (TPSA) is 110 Å². The maximum absolute atomic E-state index is 12.4. The van der Waals surface area contributed by atoms with Crippen LogP contribution in [0.1, 0.15) is 187 Å². The highest BCUT2D eigenvalue weighted by molar-refractivity contribution is 5.80. The molecule has 0 saturated heterocycles. The van der Waals surface area contributed by atoms with Crippen LogP contribution in [0.25, 0.3) is 0 Å². The van der Waals surface area contributed by atoms with Gasteiger partial charge in [-0.25, -0.2) is 0 Å². The van der Waals surface area contributed by atoms with Crippen molar-refractivity contribution < 1.29 is 25.2 Å². The third kappa shape index (κ3) is 27.1. The largest absolute Gasteiger partial charge is 0.394 e. The average molecular weight is 612 g/mol. The molecule has 0 aliphatic carbocycles. The quantitative estimate of drug-likeness (QED) is 0.0377. The molecule has 0 aromatic heterocycles. The summed E-state index contributed by atoms with van der Waals surface area (Å²) in [7, 11) is 0.